The van der Waals surface area contributed by atoms with Gasteiger partial charge in [-0.3, -0.25) is 19.5 Å². The van der Waals surface area contributed by atoms with E-state index in [0.29, 0.717) is 24.5 Å². The zero-order valence-electron chi connectivity index (χ0n) is 19.3. The van der Waals surface area contributed by atoms with Gasteiger partial charge in [0.25, 0.3) is 0 Å². The maximum Gasteiger partial charge on any atom is 0.243 e. The van der Waals surface area contributed by atoms with Gasteiger partial charge in [-0.05, 0) is 42.3 Å². The van der Waals surface area contributed by atoms with Crippen molar-refractivity contribution in [1.82, 2.24) is 29.9 Å². The van der Waals surface area contributed by atoms with Gasteiger partial charge in [-0.1, -0.05) is 12.1 Å². The van der Waals surface area contributed by atoms with E-state index < -0.39 is 6.04 Å². The molecule has 1 unspecified atom stereocenters. The van der Waals surface area contributed by atoms with E-state index in [4.69, 9.17) is 0 Å². The SMILES string of the molecule is CNc1cc(-c2cc(NC(=O)C(Cc3ccc(F)cc3)NCc3ccn(C)n3)n(C)n2)ccn1. The van der Waals surface area contributed by atoms with Crippen molar-refractivity contribution in [1.29, 1.82) is 0 Å². The molecule has 1 atom stereocenters. The molecule has 0 aliphatic rings. The highest BCUT2D eigenvalue weighted by Crippen LogP contribution is 2.23. The minimum atomic E-state index is -0.567. The summed E-state index contributed by atoms with van der Waals surface area (Å²) in [6.45, 7) is 0.417. The summed E-state index contributed by atoms with van der Waals surface area (Å²) < 4.78 is 16.7. The number of anilines is 2. The largest absolute Gasteiger partial charge is 0.373 e. The molecule has 0 saturated heterocycles. The van der Waals surface area contributed by atoms with Crippen LogP contribution >= 0.6 is 0 Å². The second-order valence-corrected chi connectivity index (χ2v) is 7.95. The molecule has 176 valence electrons. The highest BCUT2D eigenvalue weighted by molar-refractivity contribution is 5.94. The summed E-state index contributed by atoms with van der Waals surface area (Å²) in [6.07, 6.45) is 3.94. The number of halogens is 1. The van der Waals surface area contributed by atoms with Gasteiger partial charge in [0.15, 0.2) is 0 Å². The molecule has 9 nitrogen and oxygen atoms in total. The number of hydrogen-bond donors (Lipinski definition) is 3. The molecule has 3 heterocycles. The molecule has 3 N–H and O–H groups in total. The second kappa shape index (κ2) is 10.3. The number of aromatic nitrogens is 5. The van der Waals surface area contributed by atoms with Crippen molar-refractivity contribution in [3.8, 4) is 11.3 Å². The van der Waals surface area contributed by atoms with Crippen LogP contribution in [-0.4, -0.2) is 43.5 Å². The molecule has 1 aromatic carbocycles. The molecule has 1 amide bonds. The lowest BCUT2D eigenvalue weighted by Gasteiger charge is -2.18. The topological polar surface area (TPSA) is 102 Å². The molecule has 0 fully saturated rings. The Morgan fingerprint density at radius 1 is 1.09 bits per heavy atom. The maximum atomic E-state index is 13.4. The Morgan fingerprint density at radius 2 is 1.88 bits per heavy atom. The molecule has 34 heavy (non-hydrogen) atoms. The van der Waals surface area contributed by atoms with Gasteiger partial charge in [0.2, 0.25) is 5.91 Å². The van der Waals surface area contributed by atoms with Crippen LogP contribution < -0.4 is 16.0 Å². The van der Waals surface area contributed by atoms with Crippen LogP contribution in [0.2, 0.25) is 0 Å². The van der Waals surface area contributed by atoms with Crippen molar-refractivity contribution in [2.45, 2.75) is 19.0 Å². The number of carbonyl (C=O) groups is 1. The highest BCUT2D eigenvalue weighted by Gasteiger charge is 2.21. The van der Waals surface area contributed by atoms with Crippen LogP contribution in [0, 0.1) is 5.82 Å². The summed E-state index contributed by atoms with van der Waals surface area (Å²) in [7, 11) is 5.42. The highest BCUT2D eigenvalue weighted by atomic mass is 19.1. The summed E-state index contributed by atoms with van der Waals surface area (Å²) in [5.41, 5.74) is 3.26. The Morgan fingerprint density at radius 3 is 2.59 bits per heavy atom. The minimum Gasteiger partial charge on any atom is -0.373 e. The average Bonchev–Trinajstić information content (AvgIpc) is 3.42. The number of nitrogens with one attached hydrogen (secondary N) is 3. The molecule has 0 radical (unpaired) electrons. The lowest BCUT2D eigenvalue weighted by molar-refractivity contribution is -0.118. The first-order chi connectivity index (χ1) is 16.4. The van der Waals surface area contributed by atoms with Gasteiger partial charge < -0.3 is 10.6 Å². The number of aryl methyl sites for hydroxylation is 2. The van der Waals surface area contributed by atoms with Crippen molar-refractivity contribution in [2.24, 2.45) is 14.1 Å². The van der Waals surface area contributed by atoms with Gasteiger partial charge in [-0.25, -0.2) is 9.37 Å². The molecular weight excluding hydrogens is 435 g/mol. The summed E-state index contributed by atoms with van der Waals surface area (Å²) >= 11 is 0. The van der Waals surface area contributed by atoms with Crippen molar-refractivity contribution in [3.63, 3.8) is 0 Å². The van der Waals surface area contributed by atoms with E-state index in [0.717, 1.165) is 22.6 Å². The number of amides is 1. The van der Waals surface area contributed by atoms with Crippen molar-refractivity contribution in [3.05, 3.63) is 78.0 Å². The summed E-state index contributed by atoms with van der Waals surface area (Å²) in [5.74, 6) is 0.755. The molecule has 4 aromatic rings. The molecule has 0 bridgehead atoms. The fraction of sp³-hybridized carbons (Fsp3) is 0.250. The van der Waals surface area contributed by atoms with Gasteiger partial charge in [0, 0.05) is 51.7 Å². The van der Waals surface area contributed by atoms with E-state index in [9.17, 15) is 9.18 Å². The van der Waals surface area contributed by atoms with Crippen LogP contribution in [0.5, 0.6) is 0 Å². The van der Waals surface area contributed by atoms with Crippen LogP contribution in [0.3, 0.4) is 0 Å². The molecular formula is C24H27FN8O. The molecule has 10 heteroatoms. The lowest BCUT2D eigenvalue weighted by Crippen LogP contribution is -2.42. The Balaban J connectivity index is 1.52. The number of hydrogen-bond acceptors (Lipinski definition) is 6. The molecule has 0 aliphatic carbocycles. The van der Waals surface area contributed by atoms with Gasteiger partial charge in [0.05, 0.1) is 17.4 Å². The normalized spacial score (nSPS) is 11.9. The molecule has 0 spiro atoms. The zero-order valence-corrected chi connectivity index (χ0v) is 19.3. The van der Waals surface area contributed by atoms with E-state index in [1.54, 1.807) is 41.8 Å². The van der Waals surface area contributed by atoms with Gasteiger partial charge >= 0.3 is 0 Å². The quantitative estimate of drug-likeness (QED) is 0.354. The summed E-state index contributed by atoms with van der Waals surface area (Å²) in [5, 5.41) is 18.1. The van der Waals surface area contributed by atoms with E-state index in [1.165, 1.54) is 12.1 Å². The fourth-order valence-corrected chi connectivity index (χ4v) is 3.56. The van der Waals surface area contributed by atoms with E-state index in [-0.39, 0.29) is 11.7 Å². The summed E-state index contributed by atoms with van der Waals surface area (Å²) in [4.78, 5) is 17.5. The third-order valence-electron chi connectivity index (χ3n) is 5.41. The fourth-order valence-electron chi connectivity index (χ4n) is 3.56. The van der Waals surface area contributed by atoms with Crippen molar-refractivity contribution < 1.29 is 9.18 Å². The number of benzene rings is 1. The number of rotatable bonds is 9. The van der Waals surface area contributed by atoms with E-state index in [2.05, 4.69) is 31.1 Å². The van der Waals surface area contributed by atoms with Crippen LogP contribution in [0.25, 0.3) is 11.3 Å². The van der Waals surface area contributed by atoms with Crippen molar-refractivity contribution in [2.75, 3.05) is 17.7 Å². The monoisotopic (exact) mass is 462 g/mol. The predicted octanol–water partition coefficient (Wildman–Crippen LogP) is 2.74. The van der Waals surface area contributed by atoms with Crippen molar-refractivity contribution >= 4 is 17.5 Å². The number of pyridine rings is 1. The van der Waals surface area contributed by atoms with Gasteiger partial charge in [-0.2, -0.15) is 10.2 Å². The number of nitrogens with zero attached hydrogens (tertiary/aromatic N) is 5. The van der Waals surface area contributed by atoms with Gasteiger partial charge in [-0.15, -0.1) is 0 Å². The zero-order chi connectivity index (χ0) is 24.1. The van der Waals surface area contributed by atoms with Crippen LogP contribution in [0.15, 0.2) is 60.9 Å². The standard InChI is InChI=1S/C24H27FN8O/c1-26-22-13-17(8-10-27-22)20-14-23(33(3)31-20)29-24(34)21(12-16-4-6-18(25)7-5-16)28-15-19-9-11-32(2)30-19/h4-11,13-14,21,28H,12,15H2,1-3H3,(H,26,27)(H,29,34). The lowest BCUT2D eigenvalue weighted by atomic mass is 10.0. The van der Waals surface area contributed by atoms with Crippen LogP contribution in [-0.2, 0) is 31.9 Å². The van der Waals surface area contributed by atoms with Crippen LogP contribution in [0.1, 0.15) is 11.3 Å². The first-order valence-electron chi connectivity index (χ1n) is 10.9. The summed E-state index contributed by atoms with van der Waals surface area (Å²) in [6, 6.07) is 13.0. The predicted molar refractivity (Wildman–Crippen MR) is 129 cm³/mol. The first-order valence-corrected chi connectivity index (χ1v) is 10.9. The molecule has 3 aromatic heterocycles. The first kappa shape index (κ1) is 23.1. The third kappa shape index (κ3) is 5.65. The second-order valence-electron chi connectivity index (χ2n) is 7.95. The Bertz CT molecular complexity index is 1260. The number of carbonyl (C=O) groups excluding carboxylic acids is 1. The average molecular weight is 463 g/mol. The van der Waals surface area contributed by atoms with Gasteiger partial charge in [0.1, 0.15) is 17.5 Å². The molecule has 0 saturated carbocycles. The Hall–Kier alpha value is -4.05. The van der Waals surface area contributed by atoms with E-state index >= 15 is 0 Å². The molecule has 4 rings (SSSR count). The Labute approximate surface area is 197 Å². The molecule has 0 aliphatic heterocycles. The van der Waals surface area contributed by atoms with Crippen LogP contribution in [0.4, 0.5) is 16.0 Å². The maximum absolute atomic E-state index is 13.4. The van der Waals surface area contributed by atoms with E-state index in [1.807, 2.05) is 37.5 Å². The minimum absolute atomic E-state index is 0.222. The third-order valence-corrected chi connectivity index (χ3v) is 5.41. The Kier molecular flexibility index (Phi) is 6.98. The smallest absolute Gasteiger partial charge is 0.243 e.